The third-order valence-electron chi connectivity index (χ3n) is 3.58. The summed E-state index contributed by atoms with van der Waals surface area (Å²) >= 11 is 0. The number of hydrogen-bond donors (Lipinski definition) is 2. The van der Waals surface area contributed by atoms with E-state index in [9.17, 15) is 14.4 Å². The number of para-hydroxylation sites is 1. The second kappa shape index (κ2) is 8.92. The molecule has 1 aromatic rings. The summed E-state index contributed by atoms with van der Waals surface area (Å²) in [6, 6.07) is 5.76. The Labute approximate surface area is 136 Å². The van der Waals surface area contributed by atoms with Crippen molar-refractivity contribution in [2.24, 2.45) is 0 Å². The maximum atomic E-state index is 12.1. The lowest BCUT2D eigenvalue weighted by molar-refractivity contribution is -0.137. The molecule has 0 aromatic heterocycles. The maximum absolute atomic E-state index is 12.1. The van der Waals surface area contributed by atoms with E-state index in [0.717, 1.165) is 16.8 Å². The molecule has 0 heterocycles. The zero-order valence-electron chi connectivity index (χ0n) is 13.9. The van der Waals surface area contributed by atoms with Crippen molar-refractivity contribution < 1.29 is 19.5 Å². The Kier molecular flexibility index (Phi) is 7.25. The molecule has 0 aliphatic carbocycles. The Bertz CT molecular complexity index is 564. The van der Waals surface area contributed by atoms with Crippen LogP contribution in [0.5, 0.6) is 0 Å². The quantitative estimate of drug-likeness (QED) is 0.720. The molecule has 23 heavy (non-hydrogen) atoms. The minimum atomic E-state index is -0.862. The van der Waals surface area contributed by atoms with Crippen LogP contribution in [0.4, 0.5) is 5.69 Å². The van der Waals surface area contributed by atoms with E-state index < -0.39 is 5.97 Å². The highest BCUT2D eigenvalue weighted by molar-refractivity contribution is 5.95. The summed E-state index contributed by atoms with van der Waals surface area (Å²) in [6.07, 6.45) is 1.28. The summed E-state index contributed by atoms with van der Waals surface area (Å²) in [5.74, 6) is -1.27. The molecule has 0 unspecified atom stereocenters. The lowest BCUT2D eigenvalue weighted by atomic mass is 10.1. The summed E-state index contributed by atoms with van der Waals surface area (Å²) in [7, 11) is 1.57. The molecule has 2 N–H and O–H groups in total. The number of likely N-dealkylation sites (N-methyl/N-ethyl adjacent to an activating group) is 1. The van der Waals surface area contributed by atoms with Crippen LogP contribution in [0.15, 0.2) is 18.2 Å². The molecule has 0 fully saturated rings. The van der Waals surface area contributed by atoms with Crippen LogP contribution in [0, 0.1) is 13.8 Å². The minimum absolute atomic E-state index is 0.0223. The summed E-state index contributed by atoms with van der Waals surface area (Å²) in [6.45, 7) is 3.81. The van der Waals surface area contributed by atoms with Crippen LogP contribution in [0.1, 0.15) is 36.8 Å². The van der Waals surface area contributed by atoms with Gasteiger partial charge < -0.3 is 15.3 Å². The molecule has 126 valence electrons. The van der Waals surface area contributed by atoms with Gasteiger partial charge >= 0.3 is 5.97 Å². The summed E-state index contributed by atoms with van der Waals surface area (Å²) in [4.78, 5) is 35.7. The SMILES string of the molecule is Cc1cccc(C)c1NC(=O)CN(C)C(=O)CCCCC(=O)O. The molecule has 0 spiro atoms. The van der Waals surface area contributed by atoms with Crippen LogP contribution in [-0.2, 0) is 14.4 Å². The molecule has 2 amide bonds. The number of carboxylic acids is 1. The van der Waals surface area contributed by atoms with Crippen LogP contribution in [0.2, 0.25) is 0 Å². The first-order valence-electron chi connectivity index (χ1n) is 7.63. The van der Waals surface area contributed by atoms with Gasteiger partial charge in [0.05, 0.1) is 6.54 Å². The zero-order valence-corrected chi connectivity index (χ0v) is 13.9. The van der Waals surface area contributed by atoms with Gasteiger partial charge in [0.1, 0.15) is 0 Å². The number of anilines is 1. The maximum Gasteiger partial charge on any atom is 0.303 e. The first-order valence-corrected chi connectivity index (χ1v) is 7.63. The highest BCUT2D eigenvalue weighted by atomic mass is 16.4. The Balaban J connectivity index is 2.44. The summed E-state index contributed by atoms with van der Waals surface area (Å²) in [5, 5.41) is 11.4. The van der Waals surface area contributed by atoms with E-state index in [0.29, 0.717) is 12.8 Å². The highest BCUT2D eigenvalue weighted by Gasteiger charge is 2.14. The van der Waals surface area contributed by atoms with Crippen molar-refractivity contribution >= 4 is 23.5 Å². The number of benzene rings is 1. The third kappa shape index (κ3) is 6.50. The number of hydrogen-bond acceptors (Lipinski definition) is 3. The van der Waals surface area contributed by atoms with Gasteiger partial charge in [0.25, 0.3) is 0 Å². The predicted octanol–water partition coefficient (Wildman–Crippen LogP) is 2.35. The van der Waals surface area contributed by atoms with Crippen LogP contribution in [0.3, 0.4) is 0 Å². The van der Waals surface area contributed by atoms with Gasteiger partial charge in [-0.15, -0.1) is 0 Å². The van der Waals surface area contributed by atoms with Crippen molar-refractivity contribution in [1.29, 1.82) is 0 Å². The normalized spacial score (nSPS) is 10.2. The van der Waals surface area contributed by atoms with Crippen molar-refractivity contribution in [3.63, 3.8) is 0 Å². The molecule has 0 bridgehead atoms. The van der Waals surface area contributed by atoms with E-state index in [1.165, 1.54) is 4.90 Å². The number of carbonyl (C=O) groups excluding carboxylic acids is 2. The Morgan fingerprint density at radius 1 is 1.09 bits per heavy atom. The molecule has 0 radical (unpaired) electrons. The van der Waals surface area contributed by atoms with Gasteiger partial charge in [-0.1, -0.05) is 18.2 Å². The fourth-order valence-electron chi connectivity index (χ4n) is 2.24. The number of nitrogens with zero attached hydrogens (tertiary/aromatic N) is 1. The third-order valence-corrected chi connectivity index (χ3v) is 3.58. The fraction of sp³-hybridized carbons (Fsp3) is 0.471. The molecule has 0 aliphatic heterocycles. The molecule has 0 saturated heterocycles. The summed E-state index contributed by atoms with van der Waals surface area (Å²) in [5.41, 5.74) is 2.72. The van der Waals surface area contributed by atoms with Crippen molar-refractivity contribution in [3.8, 4) is 0 Å². The van der Waals surface area contributed by atoms with Crippen LogP contribution < -0.4 is 5.32 Å². The minimum Gasteiger partial charge on any atom is -0.481 e. The number of aryl methyl sites for hydroxylation is 2. The van der Waals surface area contributed by atoms with Crippen molar-refractivity contribution in [2.45, 2.75) is 39.5 Å². The van der Waals surface area contributed by atoms with E-state index in [-0.39, 0.29) is 31.2 Å². The average Bonchev–Trinajstić information content (AvgIpc) is 2.47. The largest absolute Gasteiger partial charge is 0.481 e. The van der Waals surface area contributed by atoms with E-state index in [1.807, 2.05) is 32.0 Å². The second-order valence-electron chi connectivity index (χ2n) is 5.67. The van der Waals surface area contributed by atoms with Crippen LogP contribution in [-0.4, -0.2) is 41.4 Å². The Hall–Kier alpha value is -2.37. The van der Waals surface area contributed by atoms with Gasteiger partial charge in [-0.05, 0) is 37.8 Å². The topological polar surface area (TPSA) is 86.7 Å². The first kappa shape index (κ1) is 18.7. The summed E-state index contributed by atoms with van der Waals surface area (Å²) < 4.78 is 0. The van der Waals surface area contributed by atoms with Gasteiger partial charge in [0.15, 0.2) is 0 Å². The predicted molar refractivity (Wildman–Crippen MR) is 88.3 cm³/mol. The van der Waals surface area contributed by atoms with Crippen molar-refractivity contribution in [3.05, 3.63) is 29.3 Å². The smallest absolute Gasteiger partial charge is 0.303 e. The van der Waals surface area contributed by atoms with E-state index >= 15 is 0 Å². The molecular formula is C17H24N2O4. The van der Waals surface area contributed by atoms with Crippen molar-refractivity contribution in [1.82, 2.24) is 4.90 Å². The standard InChI is InChI=1S/C17H24N2O4/c1-12-7-6-8-13(2)17(12)18-14(20)11-19(3)15(21)9-4-5-10-16(22)23/h6-8H,4-5,9-11H2,1-3H3,(H,18,20)(H,22,23). The van der Waals surface area contributed by atoms with Gasteiger partial charge in [-0.2, -0.15) is 0 Å². The van der Waals surface area contributed by atoms with E-state index in [2.05, 4.69) is 5.32 Å². The van der Waals surface area contributed by atoms with E-state index in [4.69, 9.17) is 5.11 Å². The highest BCUT2D eigenvalue weighted by Crippen LogP contribution is 2.19. The molecule has 6 nitrogen and oxygen atoms in total. The number of unbranched alkanes of at least 4 members (excludes halogenated alkanes) is 1. The number of amides is 2. The molecule has 0 aliphatic rings. The monoisotopic (exact) mass is 320 g/mol. The van der Waals surface area contributed by atoms with Gasteiger partial charge in [-0.3, -0.25) is 14.4 Å². The molecule has 0 saturated carbocycles. The Morgan fingerprint density at radius 2 is 1.65 bits per heavy atom. The molecule has 0 atom stereocenters. The van der Waals surface area contributed by atoms with Crippen LogP contribution in [0.25, 0.3) is 0 Å². The number of carboxylic acid groups (broad SMARTS) is 1. The first-order chi connectivity index (χ1) is 10.8. The van der Waals surface area contributed by atoms with Crippen LogP contribution >= 0.6 is 0 Å². The molecule has 6 heteroatoms. The second-order valence-corrected chi connectivity index (χ2v) is 5.67. The lowest BCUT2D eigenvalue weighted by Gasteiger charge is -2.18. The number of carbonyl (C=O) groups is 3. The molecular weight excluding hydrogens is 296 g/mol. The fourth-order valence-corrected chi connectivity index (χ4v) is 2.24. The van der Waals surface area contributed by atoms with Gasteiger partial charge in [-0.25, -0.2) is 0 Å². The van der Waals surface area contributed by atoms with Gasteiger partial charge in [0.2, 0.25) is 11.8 Å². The number of aliphatic carboxylic acids is 1. The Morgan fingerprint density at radius 3 is 2.22 bits per heavy atom. The van der Waals surface area contributed by atoms with Crippen molar-refractivity contribution in [2.75, 3.05) is 18.9 Å². The van der Waals surface area contributed by atoms with Gasteiger partial charge in [0, 0.05) is 25.6 Å². The zero-order chi connectivity index (χ0) is 17.4. The molecule has 1 aromatic carbocycles. The average molecular weight is 320 g/mol. The number of rotatable bonds is 8. The molecule has 1 rings (SSSR count). The number of nitrogens with one attached hydrogen (secondary N) is 1. The lowest BCUT2D eigenvalue weighted by Crippen LogP contribution is -2.35. The van der Waals surface area contributed by atoms with E-state index in [1.54, 1.807) is 7.05 Å².